The number of rotatable bonds is 18. The number of nitrogens with one attached hydrogen (secondary N) is 2. The van der Waals surface area contributed by atoms with Crippen molar-refractivity contribution in [2.24, 2.45) is 0 Å². The number of methoxy groups -OCH3 is 4. The Morgan fingerprint density at radius 1 is 0.528 bits per heavy atom. The van der Waals surface area contributed by atoms with E-state index in [2.05, 4.69) is 20.1 Å². The Bertz CT molecular complexity index is 1820. The minimum atomic E-state index is -1.09. The molecule has 4 rings (SSSR count). The molecular formula is C39H42N2O12. The molecule has 0 bridgehead atoms. The number of fused-ring (bicyclic) bond motifs is 2. The van der Waals surface area contributed by atoms with E-state index in [9.17, 15) is 28.8 Å². The van der Waals surface area contributed by atoms with Crippen molar-refractivity contribution in [3.8, 4) is 11.5 Å². The summed E-state index contributed by atoms with van der Waals surface area (Å²) in [7, 11) is 4.82. The topological polar surface area (TPSA) is 182 Å². The molecule has 0 heterocycles. The zero-order valence-corrected chi connectivity index (χ0v) is 29.9. The molecule has 0 aliphatic carbocycles. The highest BCUT2D eigenvalue weighted by Gasteiger charge is 2.25. The molecule has 0 aliphatic rings. The summed E-state index contributed by atoms with van der Waals surface area (Å²) in [6.45, 7) is -0.906. The quantitative estimate of drug-likeness (QED) is 0.112. The van der Waals surface area contributed by atoms with Crippen molar-refractivity contribution in [1.82, 2.24) is 10.6 Å². The lowest BCUT2D eigenvalue weighted by molar-refractivity contribution is -0.147. The molecule has 2 N–H and O–H groups in total. The van der Waals surface area contributed by atoms with Crippen LogP contribution >= 0.6 is 0 Å². The first-order valence-electron chi connectivity index (χ1n) is 16.7. The fraction of sp³-hybridized carbons (Fsp3) is 0.333. The maximum absolute atomic E-state index is 13.1. The molecule has 0 aromatic heterocycles. The molecule has 0 fully saturated rings. The van der Waals surface area contributed by atoms with Crippen molar-refractivity contribution in [3.05, 3.63) is 83.9 Å². The monoisotopic (exact) mass is 730 g/mol. The highest BCUT2D eigenvalue weighted by atomic mass is 16.5. The van der Waals surface area contributed by atoms with E-state index in [1.165, 1.54) is 28.4 Å². The van der Waals surface area contributed by atoms with Crippen LogP contribution in [0.4, 0.5) is 0 Å². The second kappa shape index (κ2) is 19.4. The molecule has 0 radical (unpaired) electrons. The minimum Gasteiger partial charge on any atom is -0.483 e. The molecule has 0 aliphatic heterocycles. The average Bonchev–Trinajstić information content (AvgIpc) is 3.18. The van der Waals surface area contributed by atoms with E-state index >= 15 is 0 Å². The van der Waals surface area contributed by atoms with E-state index in [1.807, 2.05) is 72.8 Å². The third-order valence-corrected chi connectivity index (χ3v) is 8.37. The third kappa shape index (κ3) is 10.9. The van der Waals surface area contributed by atoms with Gasteiger partial charge in [0.2, 0.25) is 0 Å². The number of benzene rings is 4. The Hall–Kier alpha value is -6.18. The van der Waals surface area contributed by atoms with Crippen molar-refractivity contribution in [2.75, 3.05) is 41.7 Å². The van der Waals surface area contributed by atoms with E-state index in [4.69, 9.17) is 18.9 Å². The van der Waals surface area contributed by atoms with Gasteiger partial charge < -0.3 is 39.1 Å². The van der Waals surface area contributed by atoms with E-state index in [-0.39, 0.29) is 32.1 Å². The number of carbonyl (C=O) groups excluding carboxylic acids is 6. The molecule has 2 atom stereocenters. The van der Waals surface area contributed by atoms with Gasteiger partial charge in [0.1, 0.15) is 23.6 Å². The molecule has 280 valence electrons. The fourth-order valence-corrected chi connectivity index (χ4v) is 5.66. The molecule has 0 saturated carbocycles. The summed E-state index contributed by atoms with van der Waals surface area (Å²) in [5.41, 5.74) is 1.40. The van der Waals surface area contributed by atoms with Crippen LogP contribution in [0.25, 0.3) is 21.5 Å². The van der Waals surface area contributed by atoms with Gasteiger partial charge in [0, 0.05) is 30.0 Å². The normalized spacial score (nSPS) is 11.8. The summed E-state index contributed by atoms with van der Waals surface area (Å²) in [6.07, 6.45) is -0.000278. The Morgan fingerprint density at radius 3 is 1.30 bits per heavy atom. The van der Waals surface area contributed by atoms with E-state index in [0.29, 0.717) is 22.6 Å². The molecule has 2 unspecified atom stereocenters. The maximum atomic E-state index is 13.1. The van der Waals surface area contributed by atoms with Gasteiger partial charge in [-0.1, -0.05) is 72.8 Å². The van der Waals surface area contributed by atoms with E-state index < -0.39 is 61.0 Å². The summed E-state index contributed by atoms with van der Waals surface area (Å²) in [4.78, 5) is 74.1. The van der Waals surface area contributed by atoms with Crippen LogP contribution in [-0.2, 0) is 54.1 Å². The van der Waals surface area contributed by atoms with Crippen LogP contribution in [0.2, 0.25) is 0 Å². The van der Waals surface area contributed by atoms with Gasteiger partial charge in [0.05, 0.1) is 28.4 Å². The lowest BCUT2D eigenvalue weighted by Gasteiger charge is -2.19. The molecule has 4 aromatic rings. The second-order valence-electron chi connectivity index (χ2n) is 11.8. The first-order valence-corrected chi connectivity index (χ1v) is 16.7. The number of carbonyl (C=O) groups is 6. The van der Waals surface area contributed by atoms with Gasteiger partial charge in [-0.2, -0.15) is 0 Å². The standard InChI is InChI=1S/C39H42N2O12/c1-48-34(44)19-17-30(38(46)50-3)40-32(42)22-52-36-26(15-13-24-9-5-7-11-28(24)36)21-27-16-14-25-10-6-8-12-29(25)37(27)53-23-33(43)41-31(39(47)51-4)18-20-35(45)49-2/h5-16,30-31H,17-23H2,1-4H3,(H,40,42)(H,41,43). The lowest BCUT2D eigenvalue weighted by Crippen LogP contribution is -2.44. The van der Waals surface area contributed by atoms with Crippen LogP contribution in [0.1, 0.15) is 36.8 Å². The minimum absolute atomic E-state index is 0.0236. The molecule has 0 spiro atoms. The van der Waals surface area contributed by atoms with Crippen LogP contribution in [0.3, 0.4) is 0 Å². The summed E-state index contributed by atoms with van der Waals surface area (Å²) >= 11 is 0. The van der Waals surface area contributed by atoms with Gasteiger partial charge in [-0.3, -0.25) is 19.2 Å². The summed E-state index contributed by atoms with van der Waals surface area (Å²) < 4.78 is 31.2. The maximum Gasteiger partial charge on any atom is 0.328 e. The predicted molar refractivity (Wildman–Crippen MR) is 192 cm³/mol. The SMILES string of the molecule is COC(=O)CCC(NC(=O)COc1c(Cc2ccc3ccccc3c2OCC(=O)NC(CCC(=O)OC)C(=O)OC)ccc2ccccc12)C(=O)OC. The zero-order chi connectivity index (χ0) is 38.3. The largest absolute Gasteiger partial charge is 0.483 e. The summed E-state index contributed by atoms with van der Waals surface area (Å²) in [5, 5.41) is 8.33. The van der Waals surface area contributed by atoms with Gasteiger partial charge >= 0.3 is 23.9 Å². The van der Waals surface area contributed by atoms with E-state index in [0.717, 1.165) is 21.5 Å². The molecule has 14 heteroatoms. The van der Waals surface area contributed by atoms with Crippen LogP contribution in [0, 0.1) is 0 Å². The van der Waals surface area contributed by atoms with Gasteiger partial charge in [-0.05, 0) is 34.7 Å². The van der Waals surface area contributed by atoms with Crippen molar-refractivity contribution in [3.63, 3.8) is 0 Å². The molecule has 0 saturated heterocycles. The number of amides is 2. The number of ether oxygens (including phenoxy) is 6. The lowest BCUT2D eigenvalue weighted by atomic mass is 9.97. The first-order chi connectivity index (χ1) is 25.6. The second-order valence-corrected chi connectivity index (χ2v) is 11.8. The van der Waals surface area contributed by atoms with E-state index in [1.54, 1.807) is 0 Å². The molecule has 14 nitrogen and oxygen atoms in total. The Kier molecular flexibility index (Phi) is 14.5. The highest BCUT2D eigenvalue weighted by molar-refractivity contribution is 5.93. The van der Waals surface area contributed by atoms with Crippen LogP contribution in [0.15, 0.2) is 72.8 Å². The van der Waals surface area contributed by atoms with Crippen LogP contribution in [-0.4, -0.2) is 89.4 Å². The predicted octanol–water partition coefficient (Wildman–Crippen LogP) is 3.56. The van der Waals surface area contributed by atoms with Crippen LogP contribution < -0.4 is 20.1 Å². The first kappa shape index (κ1) is 39.6. The van der Waals surface area contributed by atoms with Gasteiger partial charge in [-0.25, -0.2) is 9.59 Å². The van der Waals surface area contributed by atoms with Gasteiger partial charge in [-0.15, -0.1) is 0 Å². The molecule has 2 amide bonds. The molecule has 53 heavy (non-hydrogen) atoms. The number of hydrogen-bond acceptors (Lipinski definition) is 12. The fourth-order valence-electron chi connectivity index (χ4n) is 5.66. The third-order valence-electron chi connectivity index (χ3n) is 8.37. The average molecular weight is 731 g/mol. The van der Waals surface area contributed by atoms with Crippen LogP contribution in [0.5, 0.6) is 11.5 Å². The van der Waals surface area contributed by atoms with Gasteiger partial charge in [0.15, 0.2) is 13.2 Å². The molecule has 4 aromatic carbocycles. The zero-order valence-electron chi connectivity index (χ0n) is 29.9. The van der Waals surface area contributed by atoms with Crippen molar-refractivity contribution < 1.29 is 57.2 Å². The van der Waals surface area contributed by atoms with Crippen molar-refractivity contribution in [2.45, 2.75) is 44.2 Å². The summed E-state index contributed by atoms with van der Waals surface area (Å²) in [5.74, 6) is -2.88. The van der Waals surface area contributed by atoms with Crippen molar-refractivity contribution >= 4 is 57.2 Å². The van der Waals surface area contributed by atoms with Gasteiger partial charge in [0.25, 0.3) is 11.8 Å². The summed E-state index contributed by atoms with van der Waals surface area (Å²) in [6, 6.07) is 20.4. The Labute approximate surface area is 306 Å². The van der Waals surface area contributed by atoms with Crippen molar-refractivity contribution in [1.29, 1.82) is 0 Å². The highest BCUT2D eigenvalue weighted by Crippen LogP contribution is 2.36. The Morgan fingerprint density at radius 2 is 0.925 bits per heavy atom. The number of hydrogen-bond donors (Lipinski definition) is 2. The number of esters is 4. The Balaban J connectivity index is 1.59. The molecular weight excluding hydrogens is 688 g/mol. The smallest absolute Gasteiger partial charge is 0.328 e.